The topological polar surface area (TPSA) is 67.0 Å². The number of nitrogens with one attached hydrogen (secondary N) is 2. The molecule has 2 aliphatic heterocycles. The fourth-order valence-electron chi connectivity index (χ4n) is 3.22. The average molecular weight is 277 g/mol. The molecule has 5 heteroatoms. The van der Waals surface area contributed by atoms with E-state index in [2.05, 4.69) is 36.3 Å². The summed E-state index contributed by atoms with van der Waals surface area (Å²) in [5.41, 5.74) is 1.25. The molecule has 110 valence electrons. The van der Waals surface area contributed by atoms with Crippen LogP contribution in [0, 0.1) is 11.3 Å². The van der Waals surface area contributed by atoms with Gasteiger partial charge in [-0.25, -0.2) is 0 Å². The Hall–Kier alpha value is -1.36. The molecule has 5 nitrogen and oxygen atoms in total. The number of amides is 1. The van der Waals surface area contributed by atoms with Crippen LogP contribution in [0.4, 0.5) is 5.82 Å². The summed E-state index contributed by atoms with van der Waals surface area (Å²) in [5.74, 6) is 0.666. The third-order valence-electron chi connectivity index (χ3n) is 4.05. The normalized spacial score (nSPS) is 28.9. The monoisotopic (exact) mass is 277 g/mol. The standard InChI is InChI=1S/C15H23N3O2/c1-15(2,3)8-9-6-13(18-17-9)16-14(19)11-7-10-4-5-12(11)20-10/h6,10-12H,4-5,7-8H2,1-3H3,(H2,16,17,18,19)/t10-,11-,12-/m1/s1. The van der Waals surface area contributed by atoms with Gasteiger partial charge in [0.2, 0.25) is 5.91 Å². The second kappa shape index (κ2) is 4.88. The van der Waals surface area contributed by atoms with Gasteiger partial charge in [-0.2, -0.15) is 5.10 Å². The van der Waals surface area contributed by atoms with Crippen LogP contribution in [-0.2, 0) is 16.0 Å². The van der Waals surface area contributed by atoms with Gasteiger partial charge in [-0.1, -0.05) is 20.8 Å². The van der Waals surface area contributed by atoms with Crippen molar-refractivity contribution in [1.82, 2.24) is 10.2 Å². The van der Waals surface area contributed by atoms with Crippen LogP contribution < -0.4 is 5.32 Å². The summed E-state index contributed by atoms with van der Waals surface area (Å²) in [6.07, 6.45) is 4.30. The van der Waals surface area contributed by atoms with Gasteiger partial charge in [0, 0.05) is 11.8 Å². The van der Waals surface area contributed by atoms with Gasteiger partial charge in [0.15, 0.2) is 5.82 Å². The first-order chi connectivity index (χ1) is 9.40. The van der Waals surface area contributed by atoms with Gasteiger partial charge >= 0.3 is 0 Å². The van der Waals surface area contributed by atoms with E-state index in [-0.39, 0.29) is 23.3 Å². The fourth-order valence-corrected chi connectivity index (χ4v) is 3.22. The SMILES string of the molecule is CC(C)(C)Cc1cc(NC(=O)[C@@H]2C[C@H]3CC[C@H]2O3)n[nH]1. The number of carbonyl (C=O) groups is 1. The van der Waals surface area contributed by atoms with Crippen molar-refractivity contribution in [2.75, 3.05) is 5.32 Å². The summed E-state index contributed by atoms with van der Waals surface area (Å²) in [7, 11) is 0. The molecule has 3 atom stereocenters. The van der Waals surface area contributed by atoms with Gasteiger partial charge in [-0.15, -0.1) is 0 Å². The van der Waals surface area contributed by atoms with Crippen molar-refractivity contribution in [3.05, 3.63) is 11.8 Å². The number of carbonyl (C=O) groups excluding carboxylic acids is 1. The van der Waals surface area contributed by atoms with Crippen molar-refractivity contribution in [3.8, 4) is 0 Å². The van der Waals surface area contributed by atoms with Gasteiger partial charge in [-0.3, -0.25) is 9.89 Å². The molecule has 0 aromatic carbocycles. The zero-order valence-electron chi connectivity index (χ0n) is 12.4. The smallest absolute Gasteiger partial charge is 0.231 e. The van der Waals surface area contributed by atoms with Gasteiger partial charge in [0.25, 0.3) is 0 Å². The number of aromatic amines is 1. The highest BCUT2D eigenvalue weighted by molar-refractivity contribution is 5.92. The number of H-pyrrole nitrogens is 1. The van der Waals surface area contributed by atoms with Crippen molar-refractivity contribution in [2.45, 2.75) is 58.7 Å². The molecule has 0 aliphatic carbocycles. The predicted molar refractivity (Wildman–Crippen MR) is 76.4 cm³/mol. The molecule has 0 saturated carbocycles. The Morgan fingerprint density at radius 2 is 2.30 bits per heavy atom. The maximum Gasteiger partial charge on any atom is 0.231 e. The van der Waals surface area contributed by atoms with Crippen LogP contribution in [0.1, 0.15) is 45.7 Å². The number of nitrogens with zero attached hydrogens (tertiary/aromatic N) is 1. The quantitative estimate of drug-likeness (QED) is 0.892. The van der Waals surface area contributed by atoms with E-state index in [4.69, 9.17) is 4.74 Å². The third kappa shape index (κ3) is 2.87. The van der Waals surface area contributed by atoms with E-state index in [9.17, 15) is 4.79 Å². The predicted octanol–water partition coefficient (Wildman–Crippen LogP) is 2.50. The van der Waals surface area contributed by atoms with Crippen molar-refractivity contribution < 1.29 is 9.53 Å². The minimum absolute atomic E-state index is 0.00323. The Morgan fingerprint density at radius 1 is 1.50 bits per heavy atom. The molecule has 1 aromatic heterocycles. The Labute approximate surface area is 119 Å². The second-order valence-corrected chi connectivity index (χ2v) is 7.22. The van der Waals surface area contributed by atoms with E-state index in [1.165, 1.54) is 0 Å². The minimum atomic E-state index is -0.00323. The highest BCUT2D eigenvalue weighted by Gasteiger charge is 2.44. The summed E-state index contributed by atoms with van der Waals surface area (Å²) in [4.78, 5) is 12.3. The van der Waals surface area contributed by atoms with Crippen LogP contribution in [0.2, 0.25) is 0 Å². The summed E-state index contributed by atoms with van der Waals surface area (Å²) >= 11 is 0. The Bertz CT molecular complexity index is 503. The number of hydrogen-bond acceptors (Lipinski definition) is 3. The maximum atomic E-state index is 12.3. The van der Waals surface area contributed by atoms with Crippen LogP contribution in [-0.4, -0.2) is 28.3 Å². The van der Waals surface area contributed by atoms with Crippen LogP contribution in [0.5, 0.6) is 0 Å². The minimum Gasteiger partial charge on any atom is -0.374 e. The molecule has 2 saturated heterocycles. The number of fused-ring (bicyclic) bond motifs is 2. The first-order valence-electron chi connectivity index (χ1n) is 7.41. The number of aromatic nitrogens is 2. The summed E-state index contributed by atoms with van der Waals surface area (Å²) < 4.78 is 5.73. The van der Waals surface area contributed by atoms with Crippen LogP contribution in [0.3, 0.4) is 0 Å². The van der Waals surface area contributed by atoms with E-state index in [1.54, 1.807) is 0 Å². The number of hydrogen-bond donors (Lipinski definition) is 2. The number of rotatable bonds is 3. The molecular formula is C15H23N3O2. The molecule has 20 heavy (non-hydrogen) atoms. The lowest BCUT2D eigenvalue weighted by atomic mass is 9.88. The molecule has 1 amide bonds. The lowest BCUT2D eigenvalue weighted by Crippen LogP contribution is -2.30. The van der Waals surface area contributed by atoms with Crippen molar-refractivity contribution >= 4 is 11.7 Å². The van der Waals surface area contributed by atoms with E-state index in [0.29, 0.717) is 11.9 Å². The van der Waals surface area contributed by atoms with Crippen molar-refractivity contribution in [3.63, 3.8) is 0 Å². The lowest BCUT2D eigenvalue weighted by Gasteiger charge is -2.17. The molecule has 2 bridgehead atoms. The molecule has 3 rings (SSSR count). The Balaban J connectivity index is 1.59. The molecule has 2 fully saturated rings. The first-order valence-corrected chi connectivity index (χ1v) is 7.41. The number of anilines is 1. The fraction of sp³-hybridized carbons (Fsp3) is 0.733. The summed E-state index contributed by atoms with van der Waals surface area (Å²) in [6.45, 7) is 6.54. The van der Waals surface area contributed by atoms with Crippen LogP contribution >= 0.6 is 0 Å². The van der Waals surface area contributed by atoms with E-state index in [0.717, 1.165) is 31.4 Å². The lowest BCUT2D eigenvalue weighted by molar-refractivity contribution is -0.121. The molecule has 0 unspecified atom stereocenters. The summed E-state index contributed by atoms with van der Waals surface area (Å²) in [5, 5.41) is 10.1. The molecule has 1 aromatic rings. The molecular weight excluding hydrogens is 254 g/mol. The zero-order chi connectivity index (χ0) is 14.3. The van der Waals surface area contributed by atoms with E-state index >= 15 is 0 Å². The average Bonchev–Trinajstić information content (AvgIpc) is 3.02. The van der Waals surface area contributed by atoms with Gasteiger partial charge in [-0.05, 0) is 31.1 Å². The highest BCUT2D eigenvalue weighted by atomic mass is 16.5. The van der Waals surface area contributed by atoms with Crippen molar-refractivity contribution in [1.29, 1.82) is 0 Å². The second-order valence-electron chi connectivity index (χ2n) is 7.22. The molecule has 3 heterocycles. The zero-order valence-corrected chi connectivity index (χ0v) is 12.4. The largest absolute Gasteiger partial charge is 0.374 e. The Kier molecular flexibility index (Phi) is 3.32. The van der Waals surface area contributed by atoms with Gasteiger partial charge in [0.05, 0.1) is 18.1 Å². The molecule has 0 spiro atoms. The van der Waals surface area contributed by atoms with E-state index < -0.39 is 0 Å². The van der Waals surface area contributed by atoms with Gasteiger partial charge < -0.3 is 10.1 Å². The van der Waals surface area contributed by atoms with E-state index in [1.807, 2.05) is 6.07 Å². The Morgan fingerprint density at radius 3 is 2.90 bits per heavy atom. The van der Waals surface area contributed by atoms with Crippen molar-refractivity contribution in [2.24, 2.45) is 11.3 Å². The number of ether oxygens (including phenoxy) is 1. The van der Waals surface area contributed by atoms with Gasteiger partial charge in [0.1, 0.15) is 0 Å². The molecule has 0 radical (unpaired) electrons. The highest BCUT2D eigenvalue weighted by Crippen LogP contribution is 2.39. The molecule has 2 aliphatic rings. The summed E-state index contributed by atoms with van der Waals surface area (Å²) in [6, 6.07) is 1.93. The third-order valence-corrected chi connectivity index (χ3v) is 4.05. The van der Waals surface area contributed by atoms with Crippen LogP contribution in [0.15, 0.2) is 6.07 Å². The first kappa shape index (κ1) is 13.6. The molecule has 2 N–H and O–H groups in total. The van der Waals surface area contributed by atoms with Crippen LogP contribution in [0.25, 0.3) is 0 Å². The maximum absolute atomic E-state index is 12.3.